The van der Waals surface area contributed by atoms with Crippen molar-refractivity contribution in [3.05, 3.63) is 0 Å². The first-order valence-electron chi connectivity index (χ1n) is 16.6. The van der Waals surface area contributed by atoms with Gasteiger partial charge in [-0.05, 0) is 80.9 Å². The molecule has 2 bridgehead atoms. The molecule has 4 heterocycles. The first kappa shape index (κ1) is 38.7. The second kappa shape index (κ2) is 15.7. The van der Waals surface area contributed by atoms with E-state index in [1.165, 1.54) is 6.92 Å². The number of ether oxygens (including phenoxy) is 5. The predicted molar refractivity (Wildman–Crippen MR) is 171 cm³/mol. The van der Waals surface area contributed by atoms with Crippen molar-refractivity contribution in [2.75, 3.05) is 40.9 Å². The highest BCUT2D eigenvalue weighted by atomic mass is 16.7. The number of aliphatic hydroxyl groups excluding tert-OH is 1. The van der Waals surface area contributed by atoms with Gasteiger partial charge in [0.1, 0.15) is 29.4 Å². The Morgan fingerprint density at radius 3 is 2.35 bits per heavy atom. The van der Waals surface area contributed by atoms with Crippen LogP contribution in [0, 0.1) is 17.8 Å². The maximum atomic E-state index is 14.2. The summed E-state index contributed by atoms with van der Waals surface area (Å²) in [7, 11) is 5.73. The van der Waals surface area contributed by atoms with Crippen molar-refractivity contribution < 1.29 is 48.7 Å². The van der Waals surface area contributed by atoms with Gasteiger partial charge < -0.3 is 48.9 Å². The van der Waals surface area contributed by atoms with Crippen LogP contribution < -0.4 is 0 Å². The van der Waals surface area contributed by atoms with Crippen LogP contribution in [0.25, 0.3) is 0 Å². The zero-order valence-electron chi connectivity index (χ0n) is 29.6. The fourth-order valence-corrected chi connectivity index (χ4v) is 7.46. The largest absolute Gasteiger partial charge is 0.459 e. The number of hydrogen-bond donors (Lipinski definition) is 3. The number of fused-ring (bicyclic) bond motifs is 15. The number of esters is 1. The third kappa shape index (κ3) is 8.46. The van der Waals surface area contributed by atoms with Gasteiger partial charge in [0.2, 0.25) is 0 Å². The van der Waals surface area contributed by atoms with Gasteiger partial charge in [0, 0.05) is 24.5 Å². The van der Waals surface area contributed by atoms with E-state index >= 15 is 0 Å². The third-order valence-corrected chi connectivity index (χ3v) is 10.4. The van der Waals surface area contributed by atoms with Crippen molar-refractivity contribution in [3.63, 3.8) is 0 Å². The van der Waals surface area contributed by atoms with Gasteiger partial charge in [-0.1, -0.05) is 25.9 Å². The van der Waals surface area contributed by atoms with Gasteiger partial charge in [-0.15, -0.1) is 0 Å². The molecule has 13 atom stereocenters. The molecule has 0 unspecified atom stereocenters. The zero-order chi connectivity index (χ0) is 34.7. The summed E-state index contributed by atoms with van der Waals surface area (Å²) in [6.45, 7) is 14.4. The molecule has 4 fully saturated rings. The Kier molecular flexibility index (Phi) is 13.2. The summed E-state index contributed by atoms with van der Waals surface area (Å²) >= 11 is 0. The van der Waals surface area contributed by atoms with Gasteiger partial charge in [-0.2, -0.15) is 0 Å². The van der Waals surface area contributed by atoms with Gasteiger partial charge in [-0.3, -0.25) is 9.59 Å². The van der Waals surface area contributed by atoms with E-state index in [1.54, 1.807) is 20.8 Å². The maximum absolute atomic E-state index is 14.2. The molecule has 46 heavy (non-hydrogen) atoms. The molecule has 0 aromatic rings. The number of nitrogens with zero attached hydrogens (tertiary/aromatic N) is 3. The smallest absolute Gasteiger partial charge is 0.316 e. The van der Waals surface area contributed by atoms with Crippen LogP contribution in [0.2, 0.25) is 0 Å². The molecule has 266 valence electrons. The predicted octanol–water partition coefficient (Wildman–Crippen LogP) is 2.08. The number of Topliss-reactive ketones (excluding diaryl/α,β-unsaturated/α-hetero) is 1. The lowest BCUT2D eigenvalue weighted by Crippen LogP contribution is -2.60. The molecular formula is C33H59N3O10. The minimum Gasteiger partial charge on any atom is -0.459 e. The second-order valence-electron chi connectivity index (χ2n) is 14.6. The molecule has 13 nitrogen and oxygen atoms in total. The van der Waals surface area contributed by atoms with Crippen molar-refractivity contribution in [3.8, 4) is 0 Å². The Labute approximate surface area is 274 Å². The van der Waals surface area contributed by atoms with Crippen LogP contribution in [-0.2, 0) is 33.3 Å². The molecule has 0 aromatic heterocycles. The van der Waals surface area contributed by atoms with E-state index in [4.69, 9.17) is 23.7 Å². The van der Waals surface area contributed by atoms with E-state index in [9.17, 15) is 25.0 Å². The SMILES string of the molecule is CC[C@H]1OC(=O)[C@H](C)C(=O)[C@H](C)[C@@H](O[C@@H]2O[C@H](C)C[C@H](N(C)C)[C@H]2O)[C@@]2(C)C[C@@H](C)N(C)C[C@H](C)[C@H](OC/C(=N\O)CO2)[C@]1(C)O. The van der Waals surface area contributed by atoms with Crippen molar-refractivity contribution in [2.24, 2.45) is 22.9 Å². The number of rotatable bonds is 4. The van der Waals surface area contributed by atoms with Crippen LogP contribution in [-0.4, -0.2) is 144 Å². The van der Waals surface area contributed by atoms with Crippen molar-refractivity contribution in [2.45, 2.75) is 135 Å². The van der Waals surface area contributed by atoms with Crippen LogP contribution in [0.1, 0.15) is 74.7 Å². The normalized spacial score (nSPS) is 45.4. The Hall–Kier alpha value is -1.71. The lowest BCUT2D eigenvalue weighted by Gasteiger charge is -2.48. The van der Waals surface area contributed by atoms with Gasteiger partial charge >= 0.3 is 5.97 Å². The average Bonchev–Trinajstić information content (AvgIpc) is 2.98. The number of ketones is 1. The molecule has 4 aliphatic rings. The Bertz CT molecular complexity index is 1070. The second-order valence-corrected chi connectivity index (χ2v) is 14.6. The molecule has 0 saturated carbocycles. The summed E-state index contributed by atoms with van der Waals surface area (Å²) < 4.78 is 31.5. The standard InChI is InChI=1S/C33H59N3O10/c1-12-25-33(8,40)28-18(2)15-36(11)19(3)14-32(7,43-17-23(34-41)16-42-28)29(21(5)26(37)22(6)30(39)45-25)46-31-27(38)24(35(9)10)13-20(4)44-31/h18-22,24-25,27-29,31,38,40-41H,12-17H2,1-11H3/b34-23+/t18-,19+,20+,21-,22+,24-,25+,27+,28-,29+,31-,32+,33+/m0/s1. The monoisotopic (exact) mass is 657 g/mol. The fourth-order valence-electron chi connectivity index (χ4n) is 7.46. The minimum absolute atomic E-state index is 0.131. The zero-order valence-corrected chi connectivity index (χ0v) is 29.6. The molecule has 4 aliphatic heterocycles. The number of hydrogen-bond acceptors (Lipinski definition) is 13. The minimum atomic E-state index is -1.65. The summed E-state index contributed by atoms with van der Waals surface area (Å²) in [5.74, 6) is -3.58. The van der Waals surface area contributed by atoms with Crippen molar-refractivity contribution in [1.82, 2.24) is 9.80 Å². The highest BCUT2D eigenvalue weighted by Gasteiger charge is 2.51. The molecule has 0 amide bonds. The summed E-state index contributed by atoms with van der Waals surface area (Å²) in [5, 5.41) is 36.8. The quantitative estimate of drug-likeness (QED) is 0.175. The van der Waals surface area contributed by atoms with Crippen molar-refractivity contribution in [1.29, 1.82) is 0 Å². The van der Waals surface area contributed by atoms with Gasteiger partial charge in [-0.25, -0.2) is 0 Å². The number of likely N-dealkylation sites (N-methyl/N-ethyl adjacent to an activating group) is 1. The lowest BCUT2D eigenvalue weighted by molar-refractivity contribution is -0.296. The molecule has 13 heteroatoms. The molecule has 0 aromatic carbocycles. The van der Waals surface area contributed by atoms with Crippen LogP contribution in [0.5, 0.6) is 0 Å². The number of oxime groups is 1. The highest BCUT2D eigenvalue weighted by Crippen LogP contribution is 2.38. The lowest BCUT2D eigenvalue weighted by atomic mass is 9.79. The number of carbonyl (C=O) groups is 2. The molecule has 0 radical (unpaired) electrons. The topological polar surface area (TPSA) is 160 Å². The summed E-state index contributed by atoms with van der Waals surface area (Å²) in [6, 6.07) is -0.391. The molecule has 4 rings (SSSR count). The first-order chi connectivity index (χ1) is 21.4. The number of aliphatic hydroxyl groups is 2. The molecule has 4 saturated heterocycles. The molecule has 0 aliphatic carbocycles. The van der Waals surface area contributed by atoms with E-state index in [0.717, 1.165) is 0 Å². The molecule has 3 N–H and O–H groups in total. The van der Waals surface area contributed by atoms with Crippen molar-refractivity contribution >= 4 is 17.5 Å². The van der Waals surface area contributed by atoms with E-state index in [0.29, 0.717) is 19.4 Å². The average molecular weight is 658 g/mol. The van der Waals surface area contributed by atoms with E-state index in [1.807, 2.05) is 53.7 Å². The third-order valence-electron chi connectivity index (χ3n) is 10.4. The van der Waals surface area contributed by atoms with Crippen LogP contribution >= 0.6 is 0 Å². The fraction of sp³-hybridized carbons (Fsp3) is 0.909. The summed E-state index contributed by atoms with van der Waals surface area (Å²) in [5.41, 5.74) is -2.69. The maximum Gasteiger partial charge on any atom is 0.316 e. The molecule has 0 spiro atoms. The molecular weight excluding hydrogens is 598 g/mol. The number of carbonyl (C=O) groups excluding carboxylic acids is 2. The van der Waals surface area contributed by atoms with E-state index in [2.05, 4.69) is 10.1 Å². The van der Waals surface area contributed by atoms with Gasteiger partial charge in [0.25, 0.3) is 0 Å². The van der Waals surface area contributed by atoms with E-state index in [-0.39, 0.29) is 49.5 Å². The Morgan fingerprint density at radius 1 is 1.11 bits per heavy atom. The van der Waals surface area contributed by atoms with Gasteiger partial charge in [0.15, 0.2) is 12.1 Å². The highest BCUT2D eigenvalue weighted by molar-refractivity contribution is 6.00. The van der Waals surface area contributed by atoms with Crippen LogP contribution in [0.15, 0.2) is 5.16 Å². The van der Waals surface area contributed by atoms with Gasteiger partial charge in [0.05, 0.1) is 37.1 Å². The first-order valence-corrected chi connectivity index (χ1v) is 16.6. The summed E-state index contributed by atoms with van der Waals surface area (Å²) in [4.78, 5) is 31.8. The Morgan fingerprint density at radius 2 is 1.76 bits per heavy atom. The Balaban J connectivity index is 2.22. The van der Waals surface area contributed by atoms with Crippen LogP contribution in [0.4, 0.5) is 0 Å². The van der Waals surface area contributed by atoms with Crippen LogP contribution in [0.3, 0.4) is 0 Å². The van der Waals surface area contributed by atoms with E-state index < -0.39 is 65.5 Å². The summed E-state index contributed by atoms with van der Waals surface area (Å²) in [6.07, 6.45) is -3.97.